The predicted molar refractivity (Wildman–Crippen MR) is 130 cm³/mol. The maximum absolute atomic E-state index is 9.75. The number of anilines is 1. The van der Waals surface area contributed by atoms with Gasteiger partial charge in [0.1, 0.15) is 17.4 Å². The summed E-state index contributed by atoms with van der Waals surface area (Å²) in [5.41, 5.74) is 3.13. The van der Waals surface area contributed by atoms with Gasteiger partial charge in [-0.1, -0.05) is 0 Å². The SMILES string of the molecule is COc1ccc(-c2ccc3c(N4CCOCC4)nc(C4C[C@@H](C)O[C@@H](C)C4)nc3n2)cc1CO. The Bertz CT molecular complexity index is 1150. The van der Waals surface area contributed by atoms with Crippen molar-refractivity contribution in [3.05, 3.63) is 41.7 Å². The van der Waals surface area contributed by atoms with Crippen LogP contribution < -0.4 is 9.64 Å². The van der Waals surface area contributed by atoms with Crippen molar-refractivity contribution in [1.82, 2.24) is 15.0 Å². The standard InChI is InChI=1S/C26H32N4O4/c1-16-12-19(13-17(2)34-16)24-28-25-21(26(29-24)30-8-10-33-11-9-30)5-6-22(27-25)18-4-7-23(32-3)20(14-18)15-31/h4-7,14,16-17,19,31H,8-13,15H2,1-3H3/t16-,17+,19?. The summed E-state index contributed by atoms with van der Waals surface area (Å²) in [5, 5.41) is 10.7. The van der Waals surface area contributed by atoms with Gasteiger partial charge >= 0.3 is 0 Å². The minimum atomic E-state index is -0.0990. The van der Waals surface area contributed by atoms with Gasteiger partial charge in [0.2, 0.25) is 0 Å². The fraction of sp³-hybridized carbons (Fsp3) is 0.500. The van der Waals surface area contributed by atoms with Crippen molar-refractivity contribution in [1.29, 1.82) is 0 Å². The molecule has 8 nitrogen and oxygen atoms in total. The Kier molecular flexibility index (Phi) is 6.63. The Morgan fingerprint density at radius 2 is 1.79 bits per heavy atom. The van der Waals surface area contributed by atoms with E-state index in [9.17, 15) is 5.11 Å². The molecule has 2 aliphatic heterocycles. The molecule has 0 saturated carbocycles. The van der Waals surface area contributed by atoms with Gasteiger partial charge in [0.05, 0.1) is 50.2 Å². The molecule has 3 atom stereocenters. The van der Waals surface area contributed by atoms with Gasteiger partial charge < -0.3 is 24.2 Å². The van der Waals surface area contributed by atoms with E-state index in [1.807, 2.05) is 24.3 Å². The van der Waals surface area contributed by atoms with Crippen molar-refractivity contribution in [2.24, 2.45) is 0 Å². The fourth-order valence-electron chi connectivity index (χ4n) is 5.05. The highest BCUT2D eigenvalue weighted by Gasteiger charge is 2.29. The smallest absolute Gasteiger partial charge is 0.165 e. The summed E-state index contributed by atoms with van der Waals surface area (Å²) < 4.78 is 16.9. The Morgan fingerprint density at radius 3 is 2.50 bits per heavy atom. The molecule has 0 aliphatic carbocycles. The average molecular weight is 465 g/mol. The second-order valence-electron chi connectivity index (χ2n) is 9.18. The van der Waals surface area contributed by atoms with Gasteiger partial charge in [-0.25, -0.2) is 15.0 Å². The Hall–Kier alpha value is -2.81. The van der Waals surface area contributed by atoms with E-state index in [0.717, 1.165) is 59.8 Å². The molecular weight excluding hydrogens is 432 g/mol. The number of hydrogen-bond donors (Lipinski definition) is 1. The third-order valence-corrected chi connectivity index (χ3v) is 6.68. The zero-order valence-electron chi connectivity index (χ0n) is 20.0. The van der Waals surface area contributed by atoms with Crippen LogP contribution in [0, 0.1) is 0 Å². The molecule has 4 heterocycles. The summed E-state index contributed by atoms with van der Waals surface area (Å²) in [6, 6.07) is 9.79. The highest BCUT2D eigenvalue weighted by Crippen LogP contribution is 2.35. The molecule has 34 heavy (non-hydrogen) atoms. The van der Waals surface area contributed by atoms with E-state index >= 15 is 0 Å². The van der Waals surface area contributed by atoms with Gasteiger partial charge in [0, 0.05) is 30.1 Å². The molecule has 3 aromatic rings. The van der Waals surface area contributed by atoms with Crippen molar-refractivity contribution in [2.75, 3.05) is 38.3 Å². The first kappa shape index (κ1) is 23.0. The lowest BCUT2D eigenvalue weighted by atomic mass is 9.92. The number of hydrogen-bond acceptors (Lipinski definition) is 8. The molecule has 1 N–H and O–H groups in total. The van der Waals surface area contributed by atoms with Crippen LogP contribution in [-0.4, -0.2) is 65.7 Å². The molecule has 2 aromatic heterocycles. The molecule has 1 unspecified atom stereocenters. The lowest BCUT2D eigenvalue weighted by molar-refractivity contribution is -0.0390. The zero-order valence-corrected chi connectivity index (χ0v) is 20.0. The van der Waals surface area contributed by atoms with E-state index in [1.165, 1.54) is 0 Å². The van der Waals surface area contributed by atoms with E-state index in [4.69, 9.17) is 29.2 Å². The third-order valence-electron chi connectivity index (χ3n) is 6.68. The van der Waals surface area contributed by atoms with Crippen molar-refractivity contribution in [3.8, 4) is 17.0 Å². The van der Waals surface area contributed by atoms with E-state index < -0.39 is 0 Å². The van der Waals surface area contributed by atoms with Crippen molar-refractivity contribution < 1.29 is 19.3 Å². The quantitative estimate of drug-likeness (QED) is 0.611. The van der Waals surface area contributed by atoms with Crippen LogP contribution in [0.25, 0.3) is 22.3 Å². The van der Waals surface area contributed by atoms with E-state index in [1.54, 1.807) is 7.11 Å². The van der Waals surface area contributed by atoms with Crippen LogP contribution in [-0.2, 0) is 16.1 Å². The molecule has 1 aromatic carbocycles. The molecule has 180 valence electrons. The average Bonchev–Trinajstić information content (AvgIpc) is 2.87. The summed E-state index contributed by atoms with van der Waals surface area (Å²) in [6.07, 6.45) is 2.15. The summed E-state index contributed by atoms with van der Waals surface area (Å²) in [6.45, 7) is 7.11. The molecule has 0 spiro atoms. The normalized spacial score (nSPS) is 23.3. The van der Waals surface area contributed by atoms with Crippen LogP contribution in [0.4, 0.5) is 5.82 Å². The maximum Gasteiger partial charge on any atom is 0.165 e. The lowest BCUT2D eigenvalue weighted by Gasteiger charge is -2.33. The van der Waals surface area contributed by atoms with Crippen LogP contribution in [0.15, 0.2) is 30.3 Å². The lowest BCUT2D eigenvalue weighted by Crippen LogP contribution is -2.37. The number of methoxy groups -OCH3 is 1. The van der Waals surface area contributed by atoms with E-state index in [2.05, 4.69) is 24.8 Å². The van der Waals surface area contributed by atoms with Gasteiger partial charge in [0.25, 0.3) is 0 Å². The first-order valence-electron chi connectivity index (χ1n) is 12.0. The number of aromatic nitrogens is 3. The Labute approximate surface area is 199 Å². The maximum atomic E-state index is 9.75. The van der Waals surface area contributed by atoms with Crippen LogP contribution >= 0.6 is 0 Å². The highest BCUT2D eigenvalue weighted by molar-refractivity contribution is 5.89. The van der Waals surface area contributed by atoms with Crippen LogP contribution in [0.1, 0.15) is 44.0 Å². The second-order valence-corrected chi connectivity index (χ2v) is 9.18. The third kappa shape index (κ3) is 4.58. The number of fused-ring (bicyclic) bond motifs is 1. The Morgan fingerprint density at radius 1 is 1.03 bits per heavy atom. The number of benzene rings is 1. The van der Waals surface area contributed by atoms with Gasteiger partial charge in [-0.15, -0.1) is 0 Å². The van der Waals surface area contributed by atoms with Crippen molar-refractivity contribution >= 4 is 16.9 Å². The molecule has 0 amide bonds. The number of nitrogens with zero attached hydrogens (tertiary/aromatic N) is 4. The summed E-state index contributed by atoms with van der Waals surface area (Å²) in [4.78, 5) is 17.3. The number of pyridine rings is 1. The van der Waals surface area contributed by atoms with Gasteiger partial charge in [0.15, 0.2) is 5.65 Å². The molecular formula is C26H32N4O4. The largest absolute Gasteiger partial charge is 0.496 e. The monoisotopic (exact) mass is 464 g/mol. The van der Waals surface area contributed by atoms with E-state index in [-0.39, 0.29) is 24.7 Å². The molecule has 0 bridgehead atoms. The van der Waals surface area contributed by atoms with Crippen molar-refractivity contribution in [3.63, 3.8) is 0 Å². The second kappa shape index (κ2) is 9.82. The summed E-state index contributed by atoms with van der Waals surface area (Å²) in [5.74, 6) is 2.66. The molecule has 2 fully saturated rings. The number of aliphatic hydroxyl groups excluding tert-OH is 1. The molecule has 2 saturated heterocycles. The number of morpholine rings is 1. The molecule has 2 aliphatic rings. The summed E-state index contributed by atoms with van der Waals surface area (Å²) in [7, 11) is 1.60. The van der Waals surface area contributed by atoms with Crippen LogP contribution in [0.3, 0.4) is 0 Å². The first-order chi connectivity index (χ1) is 16.6. The molecule has 5 rings (SSSR count). The number of ether oxygens (including phenoxy) is 3. The minimum Gasteiger partial charge on any atom is -0.496 e. The van der Waals surface area contributed by atoms with Crippen LogP contribution in [0.5, 0.6) is 5.75 Å². The van der Waals surface area contributed by atoms with Crippen molar-refractivity contribution in [2.45, 2.75) is 51.4 Å². The Balaban J connectivity index is 1.61. The topological polar surface area (TPSA) is 89.8 Å². The van der Waals surface area contributed by atoms with Crippen LogP contribution in [0.2, 0.25) is 0 Å². The molecule has 8 heteroatoms. The highest BCUT2D eigenvalue weighted by atomic mass is 16.5. The summed E-state index contributed by atoms with van der Waals surface area (Å²) >= 11 is 0. The van der Waals surface area contributed by atoms with Gasteiger partial charge in [-0.2, -0.15) is 0 Å². The van der Waals surface area contributed by atoms with Gasteiger partial charge in [-0.3, -0.25) is 0 Å². The number of rotatable bonds is 5. The van der Waals surface area contributed by atoms with E-state index in [0.29, 0.717) is 24.6 Å². The fourth-order valence-corrected chi connectivity index (χ4v) is 5.05. The zero-order chi connectivity index (χ0) is 23.7. The predicted octanol–water partition coefficient (Wildman–Crippen LogP) is 3.70. The molecule has 0 radical (unpaired) electrons. The first-order valence-corrected chi connectivity index (χ1v) is 12.0. The minimum absolute atomic E-state index is 0.0990. The van der Waals surface area contributed by atoms with Gasteiger partial charge in [-0.05, 0) is 57.0 Å². The number of aliphatic hydroxyl groups is 1.